The van der Waals surface area contributed by atoms with Crippen molar-refractivity contribution in [3.8, 4) is 0 Å². The third-order valence-corrected chi connectivity index (χ3v) is 4.73. The molecule has 2 heteroatoms. The maximum atomic E-state index is 3.66. The second-order valence-electron chi connectivity index (χ2n) is 5.88. The minimum atomic E-state index is 0.612. The molecule has 0 spiro atoms. The third kappa shape index (κ3) is 2.90. The van der Waals surface area contributed by atoms with Crippen LogP contribution in [0.15, 0.2) is 46.9 Å². The van der Waals surface area contributed by atoms with Gasteiger partial charge in [-0.3, -0.25) is 0 Å². The molecule has 0 amide bonds. The zero-order valence-corrected chi connectivity index (χ0v) is 13.6. The second kappa shape index (κ2) is 5.61. The van der Waals surface area contributed by atoms with Crippen LogP contribution >= 0.6 is 15.9 Å². The van der Waals surface area contributed by atoms with Gasteiger partial charge in [-0.25, -0.2) is 0 Å². The molecule has 0 aromatic heterocycles. The van der Waals surface area contributed by atoms with E-state index in [2.05, 4.69) is 77.6 Å². The van der Waals surface area contributed by atoms with E-state index in [1.54, 1.807) is 0 Å². The highest BCUT2D eigenvalue weighted by Gasteiger charge is 2.30. The average Bonchev–Trinajstić information content (AvgIpc) is 2.37. The van der Waals surface area contributed by atoms with E-state index in [1.165, 1.54) is 35.2 Å². The van der Waals surface area contributed by atoms with Crippen LogP contribution in [-0.2, 0) is 0 Å². The Balaban J connectivity index is 1.59. The molecule has 0 heterocycles. The van der Waals surface area contributed by atoms with Crippen molar-refractivity contribution in [2.75, 3.05) is 5.32 Å². The molecule has 104 valence electrons. The Morgan fingerprint density at radius 2 is 1.70 bits per heavy atom. The fourth-order valence-electron chi connectivity index (χ4n) is 2.86. The van der Waals surface area contributed by atoms with E-state index in [4.69, 9.17) is 0 Å². The van der Waals surface area contributed by atoms with Gasteiger partial charge in [0.2, 0.25) is 0 Å². The second-order valence-corrected chi connectivity index (χ2v) is 6.80. The first kappa shape index (κ1) is 13.7. The summed E-state index contributed by atoms with van der Waals surface area (Å²) in [6, 6.07) is 16.0. The van der Waals surface area contributed by atoms with E-state index in [-0.39, 0.29) is 0 Å². The first-order chi connectivity index (χ1) is 9.61. The van der Waals surface area contributed by atoms with Gasteiger partial charge in [-0.05, 0) is 61.9 Å². The van der Waals surface area contributed by atoms with Crippen molar-refractivity contribution in [3.05, 3.63) is 63.6 Å². The SMILES string of the molecule is Cc1ccc(C2CC(Nc3ccc(Br)cc3C)C2)cc1. The number of rotatable bonds is 3. The summed E-state index contributed by atoms with van der Waals surface area (Å²) in [7, 11) is 0. The van der Waals surface area contributed by atoms with Gasteiger partial charge in [-0.1, -0.05) is 45.8 Å². The maximum absolute atomic E-state index is 3.66. The lowest BCUT2D eigenvalue weighted by atomic mass is 9.75. The summed E-state index contributed by atoms with van der Waals surface area (Å²) in [5.74, 6) is 0.726. The Bertz CT molecular complexity index is 597. The van der Waals surface area contributed by atoms with Gasteiger partial charge in [0.25, 0.3) is 0 Å². The van der Waals surface area contributed by atoms with Gasteiger partial charge in [-0.15, -0.1) is 0 Å². The molecule has 1 aliphatic carbocycles. The Kier molecular flexibility index (Phi) is 3.84. The van der Waals surface area contributed by atoms with E-state index < -0.39 is 0 Å². The molecule has 0 bridgehead atoms. The topological polar surface area (TPSA) is 12.0 Å². The molecule has 2 aromatic carbocycles. The fraction of sp³-hybridized carbons (Fsp3) is 0.333. The summed E-state index contributed by atoms with van der Waals surface area (Å²) >= 11 is 3.51. The van der Waals surface area contributed by atoms with Crippen LogP contribution in [0, 0.1) is 13.8 Å². The largest absolute Gasteiger partial charge is 0.382 e. The van der Waals surface area contributed by atoms with E-state index in [9.17, 15) is 0 Å². The summed E-state index contributed by atoms with van der Waals surface area (Å²) in [5.41, 5.74) is 5.40. The highest BCUT2D eigenvalue weighted by atomic mass is 79.9. The highest BCUT2D eigenvalue weighted by Crippen LogP contribution is 2.39. The van der Waals surface area contributed by atoms with Crippen LogP contribution in [0.4, 0.5) is 5.69 Å². The number of nitrogens with one attached hydrogen (secondary N) is 1. The summed E-state index contributed by atoms with van der Waals surface area (Å²) < 4.78 is 1.15. The summed E-state index contributed by atoms with van der Waals surface area (Å²) in [4.78, 5) is 0. The van der Waals surface area contributed by atoms with Crippen molar-refractivity contribution in [1.82, 2.24) is 0 Å². The number of anilines is 1. The molecule has 0 unspecified atom stereocenters. The van der Waals surface area contributed by atoms with E-state index in [0.717, 1.165) is 10.4 Å². The van der Waals surface area contributed by atoms with Crippen molar-refractivity contribution in [1.29, 1.82) is 0 Å². The fourth-order valence-corrected chi connectivity index (χ4v) is 3.33. The minimum Gasteiger partial charge on any atom is -0.382 e. The number of halogens is 1. The quantitative estimate of drug-likeness (QED) is 0.792. The van der Waals surface area contributed by atoms with Crippen molar-refractivity contribution < 1.29 is 0 Å². The molecule has 2 aromatic rings. The zero-order chi connectivity index (χ0) is 14.1. The van der Waals surface area contributed by atoms with Gasteiger partial charge >= 0.3 is 0 Å². The monoisotopic (exact) mass is 329 g/mol. The molecular weight excluding hydrogens is 310 g/mol. The molecular formula is C18H20BrN. The van der Waals surface area contributed by atoms with Crippen LogP contribution < -0.4 is 5.32 Å². The van der Waals surface area contributed by atoms with Crippen LogP contribution in [0.3, 0.4) is 0 Å². The number of hydrogen-bond acceptors (Lipinski definition) is 1. The normalized spacial score (nSPS) is 21.4. The van der Waals surface area contributed by atoms with Crippen molar-refractivity contribution >= 4 is 21.6 Å². The van der Waals surface area contributed by atoms with Crippen LogP contribution in [-0.4, -0.2) is 6.04 Å². The van der Waals surface area contributed by atoms with Crippen molar-refractivity contribution in [2.45, 2.75) is 38.6 Å². The molecule has 20 heavy (non-hydrogen) atoms. The molecule has 1 N–H and O–H groups in total. The van der Waals surface area contributed by atoms with Crippen LogP contribution in [0.25, 0.3) is 0 Å². The molecule has 1 aliphatic rings. The Morgan fingerprint density at radius 3 is 2.35 bits per heavy atom. The predicted octanol–water partition coefficient (Wildman–Crippen LogP) is 5.42. The van der Waals surface area contributed by atoms with Gasteiger partial charge in [0, 0.05) is 16.2 Å². The molecule has 1 nitrogen and oxygen atoms in total. The molecule has 3 rings (SSSR count). The Hall–Kier alpha value is -1.28. The van der Waals surface area contributed by atoms with Crippen LogP contribution in [0.1, 0.15) is 35.4 Å². The van der Waals surface area contributed by atoms with Gasteiger partial charge in [0.1, 0.15) is 0 Å². The lowest BCUT2D eigenvalue weighted by Crippen LogP contribution is -2.34. The summed E-state index contributed by atoms with van der Waals surface area (Å²) in [6.45, 7) is 4.30. The lowest BCUT2D eigenvalue weighted by Gasteiger charge is -2.37. The molecule has 1 saturated carbocycles. The summed E-state index contributed by atoms with van der Waals surface area (Å²) in [6.07, 6.45) is 2.47. The average molecular weight is 330 g/mol. The number of aryl methyl sites for hydroxylation is 2. The van der Waals surface area contributed by atoms with Crippen molar-refractivity contribution in [3.63, 3.8) is 0 Å². The van der Waals surface area contributed by atoms with E-state index in [1.807, 2.05) is 0 Å². The molecule has 0 radical (unpaired) electrons. The first-order valence-electron chi connectivity index (χ1n) is 7.21. The molecule has 1 fully saturated rings. The molecule has 0 aliphatic heterocycles. The minimum absolute atomic E-state index is 0.612. The Morgan fingerprint density at radius 1 is 1.00 bits per heavy atom. The molecule has 0 atom stereocenters. The van der Waals surface area contributed by atoms with Gasteiger partial charge < -0.3 is 5.32 Å². The van der Waals surface area contributed by atoms with Gasteiger partial charge in [0.05, 0.1) is 0 Å². The maximum Gasteiger partial charge on any atom is 0.0372 e. The van der Waals surface area contributed by atoms with Crippen molar-refractivity contribution in [2.24, 2.45) is 0 Å². The smallest absolute Gasteiger partial charge is 0.0372 e. The van der Waals surface area contributed by atoms with Crippen LogP contribution in [0.2, 0.25) is 0 Å². The van der Waals surface area contributed by atoms with Gasteiger partial charge in [-0.2, -0.15) is 0 Å². The highest BCUT2D eigenvalue weighted by molar-refractivity contribution is 9.10. The number of benzene rings is 2. The number of hydrogen-bond donors (Lipinski definition) is 1. The van der Waals surface area contributed by atoms with E-state index in [0.29, 0.717) is 6.04 Å². The lowest BCUT2D eigenvalue weighted by molar-refractivity contribution is 0.374. The van der Waals surface area contributed by atoms with Crippen LogP contribution in [0.5, 0.6) is 0 Å². The predicted molar refractivity (Wildman–Crippen MR) is 89.4 cm³/mol. The first-order valence-corrected chi connectivity index (χ1v) is 8.00. The van der Waals surface area contributed by atoms with Gasteiger partial charge in [0.15, 0.2) is 0 Å². The summed E-state index contributed by atoms with van der Waals surface area (Å²) in [5, 5.41) is 3.66. The zero-order valence-electron chi connectivity index (χ0n) is 12.0. The van der Waals surface area contributed by atoms with E-state index >= 15 is 0 Å². The molecule has 0 saturated heterocycles. The standard InChI is InChI=1S/C18H20BrN/c1-12-3-5-14(6-4-12)15-10-17(11-15)20-18-8-7-16(19)9-13(18)2/h3-9,15,17,20H,10-11H2,1-2H3. The Labute approximate surface area is 129 Å². The third-order valence-electron chi connectivity index (χ3n) is 4.23.